The number of ether oxygens (including phenoxy) is 2. The van der Waals surface area contributed by atoms with Crippen molar-refractivity contribution in [2.24, 2.45) is 0 Å². The second-order valence-electron chi connectivity index (χ2n) is 4.37. The van der Waals surface area contributed by atoms with Crippen LogP contribution in [0.5, 0.6) is 17.2 Å². The zero-order chi connectivity index (χ0) is 14.5. The number of aliphatic hydroxyl groups excluding tert-OH is 1. The summed E-state index contributed by atoms with van der Waals surface area (Å²) < 4.78 is 24.3. The van der Waals surface area contributed by atoms with Gasteiger partial charge in [-0.2, -0.15) is 0 Å². The Hall–Kier alpha value is -2.07. The van der Waals surface area contributed by atoms with Crippen LogP contribution in [0.15, 0.2) is 42.5 Å². The first-order chi connectivity index (χ1) is 9.60. The fraction of sp³-hybridized carbons (Fsp3) is 0.250. The zero-order valence-corrected chi connectivity index (χ0v) is 11.5. The maximum atomic E-state index is 13.2. The van der Waals surface area contributed by atoms with Crippen LogP contribution in [0.4, 0.5) is 4.39 Å². The highest BCUT2D eigenvalue weighted by Gasteiger charge is 2.11. The molecule has 2 aromatic carbocycles. The van der Waals surface area contributed by atoms with Crippen LogP contribution in [-0.4, -0.2) is 11.7 Å². The Labute approximate surface area is 117 Å². The lowest BCUT2D eigenvalue weighted by Crippen LogP contribution is -1.97. The zero-order valence-electron chi connectivity index (χ0n) is 11.5. The van der Waals surface area contributed by atoms with E-state index in [1.165, 1.54) is 18.2 Å². The standard InChI is InChI=1S/C16H17FO3/c1-3-19-13-5-4-6-14(10-13)20-16-8-7-12(17)9-15(16)11(2)18/h4-11,18H,3H2,1-2H3. The molecule has 0 aliphatic carbocycles. The molecule has 0 fully saturated rings. The van der Waals surface area contributed by atoms with Gasteiger partial charge in [-0.1, -0.05) is 6.07 Å². The summed E-state index contributed by atoms with van der Waals surface area (Å²) in [5, 5.41) is 9.67. The monoisotopic (exact) mass is 276 g/mol. The normalized spacial score (nSPS) is 12.0. The minimum Gasteiger partial charge on any atom is -0.494 e. The minimum atomic E-state index is -0.809. The molecule has 4 heteroatoms. The topological polar surface area (TPSA) is 38.7 Å². The van der Waals surface area contributed by atoms with E-state index in [1.807, 2.05) is 19.1 Å². The van der Waals surface area contributed by atoms with Gasteiger partial charge in [0.1, 0.15) is 23.1 Å². The third-order valence-corrected chi connectivity index (χ3v) is 2.77. The number of halogens is 1. The van der Waals surface area contributed by atoms with E-state index in [0.29, 0.717) is 29.4 Å². The molecule has 3 nitrogen and oxygen atoms in total. The molecule has 0 aliphatic rings. The SMILES string of the molecule is CCOc1cccc(Oc2ccc(F)cc2C(C)O)c1. The van der Waals surface area contributed by atoms with E-state index in [4.69, 9.17) is 9.47 Å². The van der Waals surface area contributed by atoms with E-state index in [9.17, 15) is 9.50 Å². The summed E-state index contributed by atoms with van der Waals surface area (Å²) in [6.45, 7) is 4.04. The lowest BCUT2D eigenvalue weighted by molar-refractivity contribution is 0.195. The Kier molecular flexibility index (Phi) is 4.58. The van der Waals surface area contributed by atoms with Crippen molar-refractivity contribution < 1.29 is 19.0 Å². The minimum absolute atomic E-state index is 0.406. The van der Waals surface area contributed by atoms with Crippen LogP contribution in [-0.2, 0) is 0 Å². The summed E-state index contributed by atoms with van der Waals surface area (Å²) in [6, 6.07) is 11.2. The van der Waals surface area contributed by atoms with Crippen molar-refractivity contribution in [2.45, 2.75) is 20.0 Å². The van der Waals surface area contributed by atoms with Gasteiger partial charge in [0, 0.05) is 11.6 Å². The van der Waals surface area contributed by atoms with Gasteiger partial charge in [-0.25, -0.2) is 4.39 Å². The van der Waals surface area contributed by atoms with Gasteiger partial charge in [0.15, 0.2) is 0 Å². The summed E-state index contributed by atoms with van der Waals surface area (Å²) in [4.78, 5) is 0. The van der Waals surface area contributed by atoms with Crippen molar-refractivity contribution in [3.05, 3.63) is 53.8 Å². The molecule has 0 bridgehead atoms. The van der Waals surface area contributed by atoms with Crippen LogP contribution in [0.25, 0.3) is 0 Å². The summed E-state index contributed by atoms with van der Waals surface area (Å²) in [5.41, 5.74) is 0.409. The molecule has 0 spiro atoms. The maximum absolute atomic E-state index is 13.2. The Morgan fingerprint density at radius 2 is 1.90 bits per heavy atom. The van der Waals surface area contributed by atoms with Crippen LogP contribution in [0.1, 0.15) is 25.5 Å². The van der Waals surface area contributed by atoms with Crippen LogP contribution >= 0.6 is 0 Å². The molecule has 1 unspecified atom stereocenters. The Bertz CT molecular complexity index is 582. The van der Waals surface area contributed by atoms with Crippen molar-refractivity contribution in [2.75, 3.05) is 6.61 Å². The Balaban J connectivity index is 2.27. The van der Waals surface area contributed by atoms with Gasteiger partial charge < -0.3 is 14.6 Å². The molecule has 0 saturated carbocycles. The first-order valence-electron chi connectivity index (χ1n) is 6.48. The first-order valence-corrected chi connectivity index (χ1v) is 6.48. The number of benzene rings is 2. The second-order valence-corrected chi connectivity index (χ2v) is 4.37. The van der Waals surface area contributed by atoms with Gasteiger partial charge in [0.25, 0.3) is 0 Å². The van der Waals surface area contributed by atoms with E-state index in [0.717, 1.165) is 0 Å². The van der Waals surface area contributed by atoms with Gasteiger partial charge in [0.05, 0.1) is 12.7 Å². The molecule has 0 aromatic heterocycles. The van der Waals surface area contributed by atoms with Crippen LogP contribution in [0.3, 0.4) is 0 Å². The highest BCUT2D eigenvalue weighted by Crippen LogP contribution is 2.31. The molecule has 0 amide bonds. The van der Waals surface area contributed by atoms with Crippen molar-refractivity contribution in [1.29, 1.82) is 0 Å². The number of aliphatic hydroxyl groups is 1. The average Bonchev–Trinajstić information content (AvgIpc) is 2.41. The fourth-order valence-corrected chi connectivity index (χ4v) is 1.86. The Morgan fingerprint density at radius 1 is 1.15 bits per heavy atom. The summed E-state index contributed by atoms with van der Waals surface area (Å²) >= 11 is 0. The van der Waals surface area contributed by atoms with E-state index >= 15 is 0 Å². The smallest absolute Gasteiger partial charge is 0.133 e. The third kappa shape index (κ3) is 3.48. The molecule has 106 valence electrons. The van der Waals surface area contributed by atoms with Crippen molar-refractivity contribution in [3.8, 4) is 17.2 Å². The van der Waals surface area contributed by atoms with Gasteiger partial charge in [0.2, 0.25) is 0 Å². The molecule has 2 aromatic rings. The molecule has 2 rings (SSSR count). The van der Waals surface area contributed by atoms with Crippen LogP contribution < -0.4 is 9.47 Å². The van der Waals surface area contributed by atoms with Crippen molar-refractivity contribution >= 4 is 0 Å². The second kappa shape index (κ2) is 6.39. The lowest BCUT2D eigenvalue weighted by Gasteiger charge is -2.14. The number of hydrogen-bond donors (Lipinski definition) is 1. The van der Waals surface area contributed by atoms with Gasteiger partial charge >= 0.3 is 0 Å². The fourth-order valence-electron chi connectivity index (χ4n) is 1.86. The summed E-state index contributed by atoms with van der Waals surface area (Å²) in [6.07, 6.45) is -0.809. The summed E-state index contributed by atoms with van der Waals surface area (Å²) in [7, 11) is 0. The molecule has 0 heterocycles. The molecular formula is C16H17FO3. The van der Waals surface area contributed by atoms with Gasteiger partial charge in [-0.05, 0) is 44.2 Å². The predicted molar refractivity (Wildman–Crippen MR) is 74.7 cm³/mol. The molecule has 0 aliphatic heterocycles. The molecule has 1 N–H and O–H groups in total. The van der Waals surface area contributed by atoms with E-state index in [-0.39, 0.29) is 0 Å². The van der Waals surface area contributed by atoms with Crippen molar-refractivity contribution in [1.82, 2.24) is 0 Å². The first kappa shape index (κ1) is 14.3. The quantitative estimate of drug-likeness (QED) is 0.894. The molecule has 0 radical (unpaired) electrons. The lowest BCUT2D eigenvalue weighted by atomic mass is 10.1. The molecule has 0 saturated heterocycles. The van der Waals surface area contributed by atoms with Crippen LogP contribution in [0, 0.1) is 5.82 Å². The largest absolute Gasteiger partial charge is 0.494 e. The maximum Gasteiger partial charge on any atom is 0.133 e. The van der Waals surface area contributed by atoms with E-state index in [1.54, 1.807) is 19.1 Å². The molecular weight excluding hydrogens is 259 g/mol. The average molecular weight is 276 g/mol. The van der Waals surface area contributed by atoms with Crippen molar-refractivity contribution in [3.63, 3.8) is 0 Å². The molecule has 1 atom stereocenters. The predicted octanol–water partition coefficient (Wildman–Crippen LogP) is 4.07. The van der Waals surface area contributed by atoms with Crippen LogP contribution in [0.2, 0.25) is 0 Å². The molecule has 20 heavy (non-hydrogen) atoms. The number of rotatable bonds is 5. The Morgan fingerprint density at radius 3 is 2.60 bits per heavy atom. The highest BCUT2D eigenvalue weighted by molar-refractivity contribution is 5.41. The van der Waals surface area contributed by atoms with Gasteiger partial charge in [-0.3, -0.25) is 0 Å². The summed E-state index contributed by atoms with van der Waals surface area (Å²) in [5.74, 6) is 1.29. The highest BCUT2D eigenvalue weighted by atomic mass is 19.1. The van der Waals surface area contributed by atoms with E-state index in [2.05, 4.69) is 0 Å². The van der Waals surface area contributed by atoms with Gasteiger partial charge in [-0.15, -0.1) is 0 Å². The van der Waals surface area contributed by atoms with E-state index < -0.39 is 11.9 Å². The third-order valence-electron chi connectivity index (χ3n) is 2.77. The number of hydrogen-bond acceptors (Lipinski definition) is 3.